The van der Waals surface area contributed by atoms with Crippen LogP contribution in [-0.2, 0) is 15.0 Å². The minimum absolute atomic E-state index is 0.0726. The number of carboxylic acid groups (broad SMARTS) is 1. The normalized spacial score (nSPS) is 35.3. The Morgan fingerprint density at radius 3 is 2.74 bits per heavy atom. The number of halogens is 3. The number of aromatic nitrogens is 1. The molecular weight excluding hydrogens is 480 g/mol. The summed E-state index contributed by atoms with van der Waals surface area (Å²) in [5.74, 6) is -3.05. The van der Waals surface area contributed by atoms with Gasteiger partial charge in [0, 0.05) is 34.9 Å². The molecule has 1 aliphatic carbocycles. The molecule has 1 amide bonds. The molecule has 1 aromatic carbocycles. The summed E-state index contributed by atoms with van der Waals surface area (Å²) in [5.41, 5.74) is -0.639. The number of hydrogen-bond acceptors (Lipinski definition) is 4. The van der Waals surface area contributed by atoms with Gasteiger partial charge >= 0.3 is 5.97 Å². The number of amides is 1. The number of nitrogens with one attached hydrogen (secondary N) is 1. The van der Waals surface area contributed by atoms with Gasteiger partial charge in [-0.2, -0.15) is 0 Å². The van der Waals surface area contributed by atoms with Crippen molar-refractivity contribution in [3.63, 3.8) is 0 Å². The number of carboxylic acids is 1. The first-order valence-corrected chi connectivity index (χ1v) is 12.2. The van der Waals surface area contributed by atoms with Crippen LogP contribution in [0.4, 0.5) is 10.1 Å². The second kappa shape index (κ2) is 6.93. The summed E-state index contributed by atoms with van der Waals surface area (Å²) < 4.78 is 15.6. The van der Waals surface area contributed by atoms with E-state index in [0.29, 0.717) is 29.2 Å². The third-order valence-electron chi connectivity index (χ3n) is 8.87. The van der Waals surface area contributed by atoms with Crippen molar-refractivity contribution < 1.29 is 19.1 Å². The molecular formula is C25H24Cl2FN3O3. The van der Waals surface area contributed by atoms with Gasteiger partial charge in [-0.1, -0.05) is 43.1 Å². The summed E-state index contributed by atoms with van der Waals surface area (Å²) in [6, 6.07) is 5.58. The molecule has 0 bridgehead atoms. The number of anilines is 1. The lowest BCUT2D eigenvalue weighted by atomic mass is 9.47. The molecule has 2 unspecified atom stereocenters. The zero-order valence-electron chi connectivity index (χ0n) is 18.7. The zero-order chi connectivity index (χ0) is 24.2. The monoisotopic (exact) mass is 503 g/mol. The molecule has 178 valence electrons. The first-order valence-electron chi connectivity index (χ1n) is 11.5. The van der Waals surface area contributed by atoms with Crippen LogP contribution >= 0.6 is 23.2 Å². The van der Waals surface area contributed by atoms with Crippen LogP contribution in [0.5, 0.6) is 0 Å². The van der Waals surface area contributed by atoms with Crippen molar-refractivity contribution in [2.45, 2.75) is 56.0 Å². The molecule has 2 saturated heterocycles. The molecule has 2 aromatic rings. The van der Waals surface area contributed by atoms with Gasteiger partial charge in [0.2, 0.25) is 5.91 Å². The maximum absolute atomic E-state index is 15.6. The topological polar surface area (TPSA) is 82.5 Å². The van der Waals surface area contributed by atoms with Gasteiger partial charge in [0.05, 0.1) is 0 Å². The van der Waals surface area contributed by atoms with Gasteiger partial charge in [-0.25, -0.2) is 9.37 Å². The fraction of sp³-hybridized carbons (Fsp3) is 0.480. The summed E-state index contributed by atoms with van der Waals surface area (Å²) in [7, 11) is 0. The second-order valence-corrected chi connectivity index (χ2v) is 11.7. The number of fused-ring (bicyclic) bond motifs is 2. The summed E-state index contributed by atoms with van der Waals surface area (Å²) in [5, 5.41) is 13.6. The average molecular weight is 504 g/mol. The van der Waals surface area contributed by atoms with Crippen molar-refractivity contribution >= 4 is 40.8 Å². The van der Waals surface area contributed by atoms with Gasteiger partial charge in [0.25, 0.3) is 0 Å². The van der Waals surface area contributed by atoms with Crippen molar-refractivity contribution in [2.75, 3.05) is 11.9 Å². The predicted octanol–water partition coefficient (Wildman–Crippen LogP) is 4.85. The molecule has 6 nitrogen and oxygen atoms in total. The van der Waals surface area contributed by atoms with E-state index in [4.69, 9.17) is 23.2 Å². The van der Waals surface area contributed by atoms with Crippen LogP contribution in [0, 0.1) is 17.2 Å². The maximum Gasteiger partial charge on any atom is 0.321 e. The second-order valence-electron chi connectivity index (χ2n) is 10.9. The highest BCUT2D eigenvalue weighted by Crippen LogP contribution is 2.72. The number of rotatable bonds is 2. The van der Waals surface area contributed by atoms with Crippen LogP contribution < -0.4 is 5.32 Å². The summed E-state index contributed by atoms with van der Waals surface area (Å²) in [4.78, 5) is 32.8. The number of pyridine rings is 1. The summed E-state index contributed by atoms with van der Waals surface area (Å²) >= 11 is 12.3. The molecule has 2 N–H and O–H groups in total. The van der Waals surface area contributed by atoms with E-state index in [9.17, 15) is 14.7 Å². The van der Waals surface area contributed by atoms with E-state index < -0.39 is 34.7 Å². The molecule has 9 heteroatoms. The fourth-order valence-corrected chi connectivity index (χ4v) is 8.08. The van der Waals surface area contributed by atoms with E-state index in [0.717, 1.165) is 12.8 Å². The Bertz CT molecular complexity index is 1270. The molecule has 1 aromatic heterocycles. The summed E-state index contributed by atoms with van der Waals surface area (Å²) in [6.07, 6.45) is 3.70. The molecule has 6 rings (SSSR count). The van der Waals surface area contributed by atoms with Gasteiger partial charge in [-0.05, 0) is 59.9 Å². The largest absolute Gasteiger partial charge is 0.480 e. The van der Waals surface area contributed by atoms with Crippen molar-refractivity contribution in [3.8, 4) is 0 Å². The lowest BCUT2D eigenvalue weighted by molar-refractivity contribution is -0.171. The highest BCUT2D eigenvalue weighted by molar-refractivity contribution is 6.31. The number of carbonyl (C=O) groups excluding carboxylic acids is 1. The summed E-state index contributed by atoms with van der Waals surface area (Å²) in [6.45, 7) is 4.97. The van der Waals surface area contributed by atoms with Gasteiger partial charge < -0.3 is 10.4 Å². The van der Waals surface area contributed by atoms with E-state index in [1.165, 1.54) is 12.3 Å². The Morgan fingerprint density at radius 2 is 2.03 bits per heavy atom. The number of nitrogens with zero attached hydrogens (tertiary/aromatic N) is 2. The molecule has 5 atom stereocenters. The first-order chi connectivity index (χ1) is 16.0. The number of hydrogen-bond donors (Lipinski definition) is 2. The molecule has 3 fully saturated rings. The van der Waals surface area contributed by atoms with Crippen LogP contribution in [0.15, 0.2) is 30.5 Å². The Morgan fingerprint density at radius 1 is 1.26 bits per heavy atom. The van der Waals surface area contributed by atoms with Crippen molar-refractivity contribution in [1.82, 2.24) is 9.88 Å². The van der Waals surface area contributed by atoms with Crippen LogP contribution in [0.25, 0.3) is 0 Å². The predicted molar refractivity (Wildman–Crippen MR) is 126 cm³/mol. The smallest absolute Gasteiger partial charge is 0.321 e. The van der Waals surface area contributed by atoms with E-state index in [1.807, 2.05) is 4.90 Å². The minimum atomic E-state index is -1.30. The lowest BCUT2D eigenvalue weighted by Gasteiger charge is -2.65. The molecule has 3 aliphatic heterocycles. The molecule has 1 saturated carbocycles. The van der Waals surface area contributed by atoms with Crippen LogP contribution in [-0.4, -0.2) is 45.0 Å². The SMILES string of the molecule is CC1(C)CCC23C(CN2[C@@H](C(=O)O)[C@H](c2ccnc(Cl)c2F)[C@]32C(=O)Nc3cc(Cl)ccc32)C1. The van der Waals surface area contributed by atoms with Crippen molar-refractivity contribution in [3.05, 3.63) is 57.6 Å². The van der Waals surface area contributed by atoms with Crippen molar-refractivity contribution in [2.24, 2.45) is 11.3 Å². The quantitative estimate of drug-likeness (QED) is 0.572. The van der Waals surface area contributed by atoms with Gasteiger partial charge in [0.1, 0.15) is 11.5 Å². The highest BCUT2D eigenvalue weighted by Gasteiger charge is 2.82. The highest BCUT2D eigenvalue weighted by atomic mass is 35.5. The fourth-order valence-electron chi connectivity index (χ4n) is 7.74. The molecule has 0 radical (unpaired) electrons. The minimum Gasteiger partial charge on any atom is -0.480 e. The molecule has 2 spiro atoms. The molecule has 4 aliphatic rings. The third kappa shape index (κ3) is 2.48. The van der Waals surface area contributed by atoms with E-state index in [1.54, 1.807) is 18.2 Å². The number of aliphatic carboxylic acids is 1. The average Bonchev–Trinajstić information content (AvgIpc) is 3.13. The van der Waals surface area contributed by atoms with Crippen LogP contribution in [0.1, 0.15) is 50.2 Å². The van der Waals surface area contributed by atoms with Crippen LogP contribution in [0.3, 0.4) is 0 Å². The lowest BCUT2D eigenvalue weighted by Crippen LogP contribution is -2.76. The van der Waals surface area contributed by atoms with Crippen LogP contribution in [0.2, 0.25) is 10.2 Å². The van der Waals surface area contributed by atoms with E-state index in [-0.39, 0.29) is 28.0 Å². The standard InChI is InChI=1S/C25H24Cl2FN3O3/c1-23(2)6-7-24-12(10-23)11-31(24)19(21(32)33)17(14-5-8-29-20(27)18(14)28)25(24)15-4-3-13(26)9-16(15)30-22(25)34/h3-5,8-9,12,17,19H,6-7,10-11H2,1-2H3,(H,30,34)(H,32,33)/t12?,17-,19+,24?,25+/m0/s1. The van der Waals surface area contributed by atoms with Crippen molar-refractivity contribution in [1.29, 1.82) is 0 Å². The van der Waals surface area contributed by atoms with E-state index in [2.05, 4.69) is 24.1 Å². The molecule has 4 heterocycles. The Hall–Kier alpha value is -2.22. The van der Waals surface area contributed by atoms with Gasteiger partial charge in [0.15, 0.2) is 11.0 Å². The van der Waals surface area contributed by atoms with Gasteiger partial charge in [-0.15, -0.1) is 0 Å². The number of benzene rings is 1. The Kier molecular flexibility index (Phi) is 4.53. The Balaban J connectivity index is 1.70. The third-order valence-corrected chi connectivity index (χ3v) is 9.36. The van der Waals surface area contributed by atoms with Gasteiger partial charge in [-0.3, -0.25) is 14.5 Å². The number of carbonyl (C=O) groups is 2. The maximum atomic E-state index is 15.6. The first kappa shape index (κ1) is 22.3. The van der Waals surface area contributed by atoms with E-state index >= 15 is 4.39 Å². The zero-order valence-corrected chi connectivity index (χ0v) is 20.3. The molecule has 34 heavy (non-hydrogen) atoms. The Labute approximate surface area is 206 Å².